The number of nitrogens with one attached hydrogen (secondary N) is 1. The Hall–Kier alpha value is -1.78. The largest absolute Gasteiger partial charge is 0.506 e. The first-order chi connectivity index (χ1) is 5.79. The molecule has 1 aliphatic rings. The topological polar surface area (TPSA) is 66.6 Å². The van der Waals surface area contributed by atoms with Gasteiger partial charge in [0.15, 0.2) is 0 Å². The molecule has 2 heterocycles. The Labute approximate surface area is 68.0 Å². The van der Waals surface area contributed by atoms with Gasteiger partial charge in [-0.15, -0.1) is 0 Å². The van der Waals surface area contributed by atoms with Crippen LogP contribution in [0, 0.1) is 0 Å². The Kier molecular flexibility index (Phi) is 1.36. The van der Waals surface area contributed by atoms with Crippen LogP contribution in [0.25, 0.3) is 0 Å². The molecule has 12 heavy (non-hydrogen) atoms. The Balaban J connectivity index is 2.75. The van der Waals surface area contributed by atoms with E-state index in [9.17, 15) is 9.90 Å². The normalized spacial score (nSPS) is 13.7. The second-order valence-electron chi connectivity index (χ2n) is 2.44. The van der Waals surface area contributed by atoms with Gasteiger partial charge in [0.2, 0.25) is 0 Å². The van der Waals surface area contributed by atoms with Gasteiger partial charge in [-0.2, -0.15) is 5.10 Å². The van der Waals surface area contributed by atoms with Crippen molar-refractivity contribution < 1.29 is 5.11 Å². The molecule has 1 aromatic heterocycles. The summed E-state index contributed by atoms with van der Waals surface area (Å²) in [7, 11) is 0. The van der Waals surface area contributed by atoms with Crippen LogP contribution < -0.4 is 11.0 Å². The molecule has 0 saturated heterocycles. The molecule has 0 spiro atoms. The van der Waals surface area contributed by atoms with Crippen molar-refractivity contribution >= 4 is 6.21 Å². The molecule has 0 amide bonds. The van der Waals surface area contributed by atoms with Crippen molar-refractivity contribution in [2.45, 2.75) is 6.67 Å². The molecule has 0 aliphatic carbocycles. The van der Waals surface area contributed by atoms with Gasteiger partial charge in [0.05, 0.1) is 6.21 Å². The first kappa shape index (κ1) is 6.90. The average molecular weight is 165 g/mol. The fourth-order valence-corrected chi connectivity index (χ4v) is 1.10. The lowest BCUT2D eigenvalue weighted by Crippen LogP contribution is -2.31. The van der Waals surface area contributed by atoms with Crippen LogP contribution in [0.2, 0.25) is 0 Å². The van der Waals surface area contributed by atoms with E-state index >= 15 is 0 Å². The number of pyridine rings is 1. The Morgan fingerprint density at radius 2 is 2.42 bits per heavy atom. The van der Waals surface area contributed by atoms with Crippen molar-refractivity contribution in [3.05, 3.63) is 28.2 Å². The lowest BCUT2D eigenvalue weighted by molar-refractivity contribution is 0.452. The fraction of sp³-hybridized carbons (Fsp3) is 0.143. The molecule has 62 valence electrons. The monoisotopic (exact) mass is 165 g/mol. The van der Waals surface area contributed by atoms with Gasteiger partial charge in [-0.05, 0) is 6.07 Å². The van der Waals surface area contributed by atoms with E-state index in [4.69, 9.17) is 0 Å². The Morgan fingerprint density at radius 3 is 3.17 bits per heavy atom. The minimum atomic E-state index is -0.151. The molecule has 5 heteroatoms. The smallest absolute Gasteiger partial charge is 0.252 e. The molecule has 2 N–H and O–H groups in total. The van der Waals surface area contributed by atoms with Crippen molar-refractivity contribution in [1.82, 2.24) is 9.99 Å². The summed E-state index contributed by atoms with van der Waals surface area (Å²) in [5.41, 5.74) is 2.92. The minimum Gasteiger partial charge on any atom is -0.506 e. The molecule has 1 aliphatic heterocycles. The van der Waals surface area contributed by atoms with Crippen LogP contribution in [0.3, 0.4) is 0 Å². The molecule has 1 aromatic rings. The first-order valence-electron chi connectivity index (χ1n) is 3.48. The van der Waals surface area contributed by atoms with Crippen molar-refractivity contribution in [3.63, 3.8) is 0 Å². The summed E-state index contributed by atoms with van der Waals surface area (Å²) in [6.45, 7) is 0.305. The molecule has 0 radical (unpaired) electrons. The molecule has 2 rings (SSSR count). The molecule has 0 fully saturated rings. The number of aromatic hydroxyl groups is 1. The molecule has 5 nitrogen and oxygen atoms in total. The number of nitrogens with zero attached hydrogens (tertiary/aromatic N) is 2. The molecule has 0 atom stereocenters. The van der Waals surface area contributed by atoms with Crippen LogP contribution in [0.4, 0.5) is 0 Å². The average Bonchev–Trinajstić information content (AvgIpc) is 2.12. The third-order valence-electron chi connectivity index (χ3n) is 1.71. The summed E-state index contributed by atoms with van der Waals surface area (Å²) >= 11 is 0. The number of hydrazone groups is 1. The van der Waals surface area contributed by atoms with Crippen LogP contribution in [-0.4, -0.2) is 15.9 Å². The van der Waals surface area contributed by atoms with Crippen LogP contribution in [0.1, 0.15) is 5.69 Å². The number of aromatic nitrogens is 1. The lowest BCUT2D eigenvalue weighted by atomic mass is 10.3. The fourth-order valence-electron chi connectivity index (χ4n) is 1.10. The van der Waals surface area contributed by atoms with Crippen LogP contribution in [0.15, 0.2) is 22.0 Å². The molecule has 0 bridgehead atoms. The van der Waals surface area contributed by atoms with Gasteiger partial charge in [-0.3, -0.25) is 14.8 Å². The zero-order valence-electron chi connectivity index (χ0n) is 6.19. The van der Waals surface area contributed by atoms with E-state index in [1.54, 1.807) is 0 Å². The molecular weight excluding hydrogens is 158 g/mol. The summed E-state index contributed by atoms with van der Waals surface area (Å²) in [4.78, 5) is 11.2. The minimum absolute atomic E-state index is 0.0693. The Morgan fingerprint density at radius 1 is 1.58 bits per heavy atom. The summed E-state index contributed by atoms with van der Waals surface area (Å²) in [5.74, 6) is 0.0693. The zero-order chi connectivity index (χ0) is 8.55. The quantitative estimate of drug-likeness (QED) is 0.542. The van der Waals surface area contributed by atoms with E-state index in [0.29, 0.717) is 12.4 Å². The highest BCUT2D eigenvalue weighted by Gasteiger charge is 2.09. The standard InChI is InChI=1S/C7H7N3O2/c11-6-1-2-7(12)10-4-9-8-3-5(6)10/h1-3,9,11H,4H2. The summed E-state index contributed by atoms with van der Waals surface area (Å²) in [6.07, 6.45) is 1.42. The molecular formula is C7H7N3O2. The number of hydrogen-bond donors (Lipinski definition) is 2. The van der Waals surface area contributed by atoms with E-state index in [0.717, 1.165) is 0 Å². The number of hydrogen-bond acceptors (Lipinski definition) is 4. The second kappa shape index (κ2) is 2.37. The Bertz CT molecular complexity index is 394. The van der Waals surface area contributed by atoms with Crippen molar-refractivity contribution in [3.8, 4) is 5.75 Å². The second-order valence-corrected chi connectivity index (χ2v) is 2.44. The molecule has 0 saturated carbocycles. The zero-order valence-corrected chi connectivity index (χ0v) is 6.19. The highest BCUT2D eigenvalue weighted by molar-refractivity contribution is 5.81. The van der Waals surface area contributed by atoms with Crippen LogP contribution in [0.5, 0.6) is 5.75 Å². The van der Waals surface area contributed by atoms with Gasteiger partial charge in [-0.25, -0.2) is 0 Å². The van der Waals surface area contributed by atoms with Crippen LogP contribution in [-0.2, 0) is 6.67 Å². The third kappa shape index (κ3) is 0.868. The summed E-state index contributed by atoms with van der Waals surface area (Å²) < 4.78 is 1.41. The number of rotatable bonds is 0. The first-order valence-corrected chi connectivity index (χ1v) is 3.48. The lowest BCUT2D eigenvalue weighted by Gasteiger charge is -2.13. The maximum Gasteiger partial charge on any atom is 0.252 e. The van der Waals surface area contributed by atoms with Crippen molar-refractivity contribution in [1.29, 1.82) is 0 Å². The van der Waals surface area contributed by atoms with Gasteiger partial charge >= 0.3 is 0 Å². The van der Waals surface area contributed by atoms with E-state index < -0.39 is 0 Å². The van der Waals surface area contributed by atoms with Crippen LogP contribution >= 0.6 is 0 Å². The summed E-state index contributed by atoms with van der Waals surface area (Å²) in [5, 5.41) is 13.0. The summed E-state index contributed by atoms with van der Waals surface area (Å²) in [6, 6.07) is 2.69. The maximum atomic E-state index is 11.2. The van der Waals surface area contributed by atoms with Gasteiger partial charge in [-0.1, -0.05) is 0 Å². The molecule has 0 unspecified atom stereocenters. The van der Waals surface area contributed by atoms with Crippen molar-refractivity contribution in [2.24, 2.45) is 5.10 Å². The highest BCUT2D eigenvalue weighted by Crippen LogP contribution is 2.12. The molecule has 0 aromatic carbocycles. The third-order valence-corrected chi connectivity index (χ3v) is 1.71. The van der Waals surface area contributed by atoms with Gasteiger partial charge < -0.3 is 5.11 Å². The van der Waals surface area contributed by atoms with E-state index in [1.165, 1.54) is 22.9 Å². The van der Waals surface area contributed by atoms with Crippen molar-refractivity contribution in [2.75, 3.05) is 0 Å². The van der Waals surface area contributed by atoms with E-state index in [2.05, 4.69) is 10.5 Å². The van der Waals surface area contributed by atoms with Gasteiger partial charge in [0.1, 0.15) is 18.1 Å². The predicted molar refractivity (Wildman–Crippen MR) is 43.1 cm³/mol. The SMILES string of the molecule is O=c1ccc(O)c2n1CNN=C2. The number of fused-ring (bicyclic) bond motifs is 1. The van der Waals surface area contributed by atoms with E-state index in [-0.39, 0.29) is 11.3 Å². The predicted octanol–water partition coefficient (Wildman–Crippen LogP) is -0.552. The highest BCUT2D eigenvalue weighted by atomic mass is 16.3. The van der Waals surface area contributed by atoms with Gasteiger partial charge in [0, 0.05) is 6.07 Å². The van der Waals surface area contributed by atoms with Gasteiger partial charge in [0.25, 0.3) is 5.56 Å². The maximum absolute atomic E-state index is 11.2. The van der Waals surface area contributed by atoms with E-state index in [1.807, 2.05) is 0 Å².